The van der Waals surface area contributed by atoms with E-state index < -0.39 is 6.04 Å². The first-order valence-corrected chi connectivity index (χ1v) is 2.37. The first-order chi connectivity index (χ1) is 3.66. The second kappa shape index (κ2) is 3.32. The maximum Gasteiger partial charge on any atom is 0.137 e. The van der Waals surface area contributed by atoms with Crippen LogP contribution in [0.2, 0.25) is 0 Å². The summed E-state index contributed by atoms with van der Waals surface area (Å²) in [5.41, 5.74) is 5.08. The average molecular weight is 115 g/mol. The van der Waals surface area contributed by atoms with Crippen molar-refractivity contribution in [2.45, 2.75) is 19.4 Å². The molecule has 2 N–H and O–H groups in total. The van der Waals surface area contributed by atoms with Gasteiger partial charge in [0, 0.05) is 6.42 Å². The second-order valence-electron chi connectivity index (χ2n) is 1.71. The van der Waals surface area contributed by atoms with Crippen LogP contribution < -0.4 is 5.73 Å². The third-order valence-corrected chi connectivity index (χ3v) is 0.698. The zero-order chi connectivity index (χ0) is 6.57. The van der Waals surface area contributed by atoms with E-state index >= 15 is 0 Å². The van der Waals surface area contributed by atoms with E-state index in [4.69, 9.17) is 5.73 Å². The molecule has 0 aromatic heterocycles. The average Bonchev–Trinajstić information content (AvgIpc) is 1.65. The van der Waals surface area contributed by atoms with Crippen LogP contribution in [0.1, 0.15) is 13.3 Å². The fourth-order valence-electron chi connectivity index (χ4n) is 0.380. The van der Waals surface area contributed by atoms with Gasteiger partial charge < -0.3 is 10.5 Å². The monoisotopic (exact) mass is 115 g/mol. The fourth-order valence-corrected chi connectivity index (χ4v) is 0.380. The maximum absolute atomic E-state index is 10.2. The molecule has 8 heavy (non-hydrogen) atoms. The highest BCUT2D eigenvalue weighted by molar-refractivity contribution is 5.79. The number of carbonyl (C=O) groups is 2. The van der Waals surface area contributed by atoms with E-state index in [2.05, 4.69) is 0 Å². The Labute approximate surface area is 47.9 Å². The van der Waals surface area contributed by atoms with Crippen LogP contribution in [0.25, 0.3) is 0 Å². The first kappa shape index (κ1) is 7.30. The molecule has 0 heterocycles. The van der Waals surface area contributed by atoms with E-state index in [0.29, 0.717) is 6.29 Å². The summed E-state index contributed by atoms with van der Waals surface area (Å²) in [5, 5.41) is 0. The summed E-state index contributed by atoms with van der Waals surface area (Å²) in [5.74, 6) is -0.0513. The number of ketones is 1. The molecular weight excluding hydrogens is 106 g/mol. The van der Waals surface area contributed by atoms with Gasteiger partial charge in [-0.2, -0.15) is 0 Å². The summed E-state index contributed by atoms with van der Waals surface area (Å²) in [6, 6.07) is -0.604. The van der Waals surface area contributed by atoms with Crippen LogP contribution in [0.3, 0.4) is 0 Å². The van der Waals surface area contributed by atoms with Gasteiger partial charge in [-0.25, -0.2) is 0 Å². The highest BCUT2D eigenvalue weighted by Crippen LogP contribution is 1.83. The van der Waals surface area contributed by atoms with Gasteiger partial charge in [0.1, 0.15) is 12.1 Å². The Kier molecular flexibility index (Phi) is 3.03. The Hall–Kier alpha value is -0.700. The van der Waals surface area contributed by atoms with Crippen LogP contribution in [-0.4, -0.2) is 18.1 Å². The minimum absolute atomic E-state index is 0.0513. The van der Waals surface area contributed by atoms with Crippen molar-refractivity contribution in [3.63, 3.8) is 0 Å². The zero-order valence-electron chi connectivity index (χ0n) is 4.76. The van der Waals surface area contributed by atoms with Gasteiger partial charge >= 0.3 is 0 Å². The Balaban J connectivity index is 3.38. The minimum atomic E-state index is -0.604. The smallest absolute Gasteiger partial charge is 0.137 e. The molecule has 46 valence electrons. The van der Waals surface area contributed by atoms with Gasteiger partial charge in [0.15, 0.2) is 0 Å². The van der Waals surface area contributed by atoms with Crippen molar-refractivity contribution in [3.05, 3.63) is 0 Å². The number of hydrogen-bond donors (Lipinski definition) is 1. The van der Waals surface area contributed by atoms with E-state index in [0.717, 1.165) is 0 Å². The SMILES string of the molecule is CC(=O)CC(N)C=O. The second-order valence-corrected chi connectivity index (χ2v) is 1.71. The lowest BCUT2D eigenvalue weighted by molar-refractivity contribution is -0.119. The molecular formula is C5H9NO2. The molecule has 0 saturated carbocycles. The van der Waals surface area contributed by atoms with Crippen molar-refractivity contribution < 1.29 is 9.59 Å². The van der Waals surface area contributed by atoms with E-state index in [-0.39, 0.29) is 12.2 Å². The van der Waals surface area contributed by atoms with Gasteiger partial charge in [0.25, 0.3) is 0 Å². The third kappa shape index (κ3) is 3.49. The van der Waals surface area contributed by atoms with Crippen molar-refractivity contribution in [1.29, 1.82) is 0 Å². The van der Waals surface area contributed by atoms with Gasteiger partial charge in [-0.15, -0.1) is 0 Å². The van der Waals surface area contributed by atoms with Crippen LogP contribution in [-0.2, 0) is 9.59 Å². The molecule has 0 spiro atoms. The zero-order valence-corrected chi connectivity index (χ0v) is 4.76. The lowest BCUT2D eigenvalue weighted by atomic mass is 10.2. The molecule has 3 nitrogen and oxygen atoms in total. The van der Waals surface area contributed by atoms with Gasteiger partial charge in [-0.05, 0) is 6.92 Å². The fraction of sp³-hybridized carbons (Fsp3) is 0.600. The molecule has 0 fully saturated rings. The largest absolute Gasteiger partial charge is 0.321 e. The summed E-state index contributed by atoms with van der Waals surface area (Å²) in [4.78, 5) is 19.9. The van der Waals surface area contributed by atoms with Gasteiger partial charge in [-0.1, -0.05) is 0 Å². The van der Waals surface area contributed by atoms with Crippen LogP contribution in [0.5, 0.6) is 0 Å². The lowest BCUT2D eigenvalue weighted by Gasteiger charge is -1.95. The molecule has 1 atom stereocenters. The predicted octanol–water partition coefficient (Wildman–Crippen LogP) is -0.508. The van der Waals surface area contributed by atoms with Crippen LogP contribution >= 0.6 is 0 Å². The van der Waals surface area contributed by atoms with Crippen LogP contribution in [0.4, 0.5) is 0 Å². The number of aldehydes is 1. The maximum atomic E-state index is 10.2. The molecule has 0 radical (unpaired) electrons. The van der Waals surface area contributed by atoms with Crippen molar-refractivity contribution >= 4 is 12.1 Å². The Morgan fingerprint density at radius 2 is 2.38 bits per heavy atom. The molecule has 3 heteroatoms. The van der Waals surface area contributed by atoms with Crippen molar-refractivity contribution in [3.8, 4) is 0 Å². The standard InChI is InChI=1S/C5H9NO2/c1-4(8)2-5(6)3-7/h3,5H,2,6H2,1H3. The predicted molar refractivity (Wildman–Crippen MR) is 29.3 cm³/mol. The summed E-state index contributed by atoms with van der Waals surface area (Å²) in [6.45, 7) is 1.41. The summed E-state index contributed by atoms with van der Waals surface area (Å²) >= 11 is 0. The minimum Gasteiger partial charge on any atom is -0.321 e. The molecule has 0 aliphatic rings. The summed E-state index contributed by atoms with van der Waals surface area (Å²) < 4.78 is 0. The van der Waals surface area contributed by atoms with Gasteiger partial charge in [-0.3, -0.25) is 4.79 Å². The van der Waals surface area contributed by atoms with Crippen molar-refractivity contribution in [2.75, 3.05) is 0 Å². The van der Waals surface area contributed by atoms with E-state index in [1.807, 2.05) is 0 Å². The van der Waals surface area contributed by atoms with Crippen LogP contribution in [0, 0.1) is 0 Å². The molecule has 0 rings (SSSR count). The molecule has 0 amide bonds. The number of carbonyl (C=O) groups excluding carboxylic acids is 2. The molecule has 0 saturated heterocycles. The molecule has 0 aromatic rings. The number of hydrogen-bond acceptors (Lipinski definition) is 3. The molecule has 0 aliphatic heterocycles. The molecule has 0 bridgehead atoms. The first-order valence-electron chi connectivity index (χ1n) is 2.37. The molecule has 0 aromatic carbocycles. The summed E-state index contributed by atoms with van der Waals surface area (Å²) in [6.07, 6.45) is 0.727. The Morgan fingerprint density at radius 1 is 1.88 bits per heavy atom. The quantitative estimate of drug-likeness (QED) is 0.504. The molecule has 1 unspecified atom stereocenters. The number of nitrogens with two attached hydrogens (primary N) is 1. The van der Waals surface area contributed by atoms with Gasteiger partial charge in [0.05, 0.1) is 6.04 Å². The topological polar surface area (TPSA) is 60.2 Å². The van der Waals surface area contributed by atoms with E-state index in [9.17, 15) is 9.59 Å². The Bertz CT molecular complexity index is 101. The summed E-state index contributed by atoms with van der Waals surface area (Å²) in [7, 11) is 0. The van der Waals surface area contributed by atoms with Crippen LogP contribution in [0.15, 0.2) is 0 Å². The van der Waals surface area contributed by atoms with Crippen molar-refractivity contribution in [1.82, 2.24) is 0 Å². The van der Waals surface area contributed by atoms with Crippen molar-refractivity contribution in [2.24, 2.45) is 5.73 Å². The normalized spacial score (nSPS) is 12.8. The van der Waals surface area contributed by atoms with E-state index in [1.165, 1.54) is 6.92 Å². The highest BCUT2D eigenvalue weighted by atomic mass is 16.1. The van der Waals surface area contributed by atoms with E-state index in [1.54, 1.807) is 0 Å². The third-order valence-electron chi connectivity index (χ3n) is 0.698. The molecule has 0 aliphatic carbocycles. The lowest BCUT2D eigenvalue weighted by Crippen LogP contribution is -2.23. The number of Topliss-reactive ketones (excluding diaryl/α,β-unsaturated/α-hetero) is 1. The van der Waals surface area contributed by atoms with Gasteiger partial charge in [0.2, 0.25) is 0 Å². The Morgan fingerprint density at radius 3 is 2.50 bits per heavy atom. The number of rotatable bonds is 3. The highest BCUT2D eigenvalue weighted by Gasteiger charge is 2.01.